The van der Waals surface area contributed by atoms with E-state index in [2.05, 4.69) is 11.0 Å². The lowest BCUT2D eigenvalue weighted by Gasteiger charge is -2.34. The van der Waals surface area contributed by atoms with Gasteiger partial charge in [-0.05, 0) is 36.1 Å². The van der Waals surface area contributed by atoms with E-state index in [-0.39, 0.29) is 5.75 Å². The minimum Gasteiger partial charge on any atom is -0.496 e. The molecule has 27 heavy (non-hydrogen) atoms. The van der Waals surface area contributed by atoms with Gasteiger partial charge in [-0.1, -0.05) is 42.5 Å². The third-order valence-corrected chi connectivity index (χ3v) is 7.04. The van der Waals surface area contributed by atoms with E-state index >= 15 is 0 Å². The molecular formula is C21H28N2O3S. The third kappa shape index (κ3) is 5.09. The van der Waals surface area contributed by atoms with Gasteiger partial charge in [0.2, 0.25) is 10.0 Å². The molecule has 1 aliphatic heterocycles. The van der Waals surface area contributed by atoms with Gasteiger partial charge in [0.25, 0.3) is 0 Å². The molecule has 0 saturated carbocycles. The predicted octanol–water partition coefficient (Wildman–Crippen LogP) is 2.69. The molecule has 1 heterocycles. The predicted molar refractivity (Wildman–Crippen MR) is 109 cm³/mol. The summed E-state index contributed by atoms with van der Waals surface area (Å²) in [4.78, 5) is 2.33. The van der Waals surface area contributed by atoms with Crippen LogP contribution in [0.25, 0.3) is 0 Å². The Labute approximate surface area is 162 Å². The van der Waals surface area contributed by atoms with Crippen LogP contribution in [-0.4, -0.2) is 57.5 Å². The SMILES string of the molecule is COc1ccccc1CCN1CCN(S(=O)(=O)Cc2ccccc2C)CC1. The molecule has 0 radical (unpaired) electrons. The molecule has 2 aromatic rings. The molecule has 0 spiro atoms. The smallest absolute Gasteiger partial charge is 0.218 e. The van der Waals surface area contributed by atoms with E-state index in [1.807, 2.05) is 49.4 Å². The van der Waals surface area contributed by atoms with Gasteiger partial charge in [0.1, 0.15) is 5.75 Å². The van der Waals surface area contributed by atoms with E-state index in [4.69, 9.17) is 4.74 Å². The molecule has 2 aromatic carbocycles. The number of nitrogens with zero attached hydrogens (tertiary/aromatic N) is 2. The molecule has 1 fully saturated rings. The minimum atomic E-state index is -3.27. The van der Waals surface area contributed by atoms with Crippen LogP contribution in [0.4, 0.5) is 0 Å². The van der Waals surface area contributed by atoms with Gasteiger partial charge in [-0.15, -0.1) is 0 Å². The lowest BCUT2D eigenvalue weighted by atomic mass is 10.1. The quantitative estimate of drug-likeness (QED) is 0.732. The van der Waals surface area contributed by atoms with Crippen LogP contribution in [0.3, 0.4) is 0 Å². The number of aryl methyl sites for hydroxylation is 1. The molecule has 3 rings (SSSR count). The zero-order valence-electron chi connectivity index (χ0n) is 16.1. The van der Waals surface area contributed by atoms with E-state index in [1.165, 1.54) is 5.56 Å². The maximum absolute atomic E-state index is 12.8. The molecule has 1 aliphatic rings. The van der Waals surface area contributed by atoms with Gasteiger partial charge < -0.3 is 9.64 Å². The second kappa shape index (κ2) is 8.87. The Kier molecular flexibility index (Phi) is 6.52. The molecule has 0 aromatic heterocycles. The molecule has 0 aliphatic carbocycles. The monoisotopic (exact) mass is 388 g/mol. The van der Waals surface area contributed by atoms with Crippen molar-refractivity contribution < 1.29 is 13.2 Å². The van der Waals surface area contributed by atoms with Crippen molar-refractivity contribution in [2.75, 3.05) is 39.8 Å². The van der Waals surface area contributed by atoms with E-state index in [9.17, 15) is 8.42 Å². The van der Waals surface area contributed by atoms with Crippen LogP contribution in [-0.2, 0) is 22.2 Å². The fourth-order valence-corrected chi connectivity index (χ4v) is 5.10. The standard InChI is InChI=1S/C21H28N2O3S/c1-18-7-3-4-9-20(18)17-27(24,25)23-15-13-22(14-16-23)12-11-19-8-5-6-10-21(19)26-2/h3-10H,11-17H2,1-2H3. The number of ether oxygens (including phenoxy) is 1. The molecular weight excluding hydrogens is 360 g/mol. The summed E-state index contributed by atoms with van der Waals surface area (Å²) in [6.07, 6.45) is 0.903. The van der Waals surface area contributed by atoms with Gasteiger partial charge in [0.15, 0.2) is 0 Å². The summed E-state index contributed by atoms with van der Waals surface area (Å²) in [5, 5.41) is 0. The molecule has 5 nitrogen and oxygen atoms in total. The average Bonchev–Trinajstić information content (AvgIpc) is 2.68. The number of hydrogen-bond donors (Lipinski definition) is 0. The van der Waals surface area contributed by atoms with Crippen molar-refractivity contribution in [1.29, 1.82) is 0 Å². The fourth-order valence-electron chi connectivity index (χ4n) is 3.48. The largest absolute Gasteiger partial charge is 0.496 e. The van der Waals surface area contributed by atoms with Gasteiger partial charge in [0.05, 0.1) is 12.9 Å². The Morgan fingerprint density at radius 3 is 2.22 bits per heavy atom. The highest BCUT2D eigenvalue weighted by Gasteiger charge is 2.27. The van der Waals surface area contributed by atoms with Gasteiger partial charge in [0, 0.05) is 32.7 Å². The number of sulfonamides is 1. The van der Waals surface area contributed by atoms with Crippen molar-refractivity contribution in [3.05, 3.63) is 65.2 Å². The number of methoxy groups -OCH3 is 1. The Bertz CT molecular complexity index is 859. The maximum Gasteiger partial charge on any atom is 0.218 e. The fraction of sp³-hybridized carbons (Fsp3) is 0.429. The highest BCUT2D eigenvalue weighted by Crippen LogP contribution is 2.19. The van der Waals surface area contributed by atoms with Crippen LogP contribution in [0.1, 0.15) is 16.7 Å². The summed E-state index contributed by atoms with van der Waals surface area (Å²) in [7, 11) is -1.58. The lowest BCUT2D eigenvalue weighted by molar-refractivity contribution is 0.189. The van der Waals surface area contributed by atoms with Crippen LogP contribution < -0.4 is 4.74 Å². The number of benzene rings is 2. The first-order valence-corrected chi connectivity index (χ1v) is 11.0. The van der Waals surface area contributed by atoms with Crippen molar-refractivity contribution in [3.8, 4) is 5.75 Å². The summed E-state index contributed by atoms with van der Waals surface area (Å²) >= 11 is 0. The van der Waals surface area contributed by atoms with Crippen LogP contribution in [0, 0.1) is 6.92 Å². The molecule has 146 valence electrons. The maximum atomic E-state index is 12.8. The minimum absolute atomic E-state index is 0.0842. The summed E-state index contributed by atoms with van der Waals surface area (Å²) in [6, 6.07) is 15.7. The summed E-state index contributed by atoms with van der Waals surface area (Å²) in [5.74, 6) is 0.998. The normalized spacial score (nSPS) is 16.4. The topological polar surface area (TPSA) is 49.9 Å². The number of piperazine rings is 1. The second-order valence-corrected chi connectivity index (χ2v) is 8.95. The first kappa shape index (κ1) is 19.9. The van der Waals surface area contributed by atoms with E-state index < -0.39 is 10.0 Å². The summed E-state index contributed by atoms with van der Waals surface area (Å²) in [5.41, 5.74) is 3.10. The van der Waals surface area contributed by atoms with Crippen LogP contribution in [0.2, 0.25) is 0 Å². The number of para-hydroxylation sites is 1. The van der Waals surface area contributed by atoms with Crippen LogP contribution in [0.5, 0.6) is 5.75 Å². The zero-order valence-corrected chi connectivity index (χ0v) is 16.9. The van der Waals surface area contributed by atoms with E-state index in [1.54, 1.807) is 11.4 Å². The van der Waals surface area contributed by atoms with E-state index in [0.717, 1.165) is 42.9 Å². The highest BCUT2D eigenvalue weighted by atomic mass is 32.2. The summed E-state index contributed by atoms with van der Waals surface area (Å²) < 4.78 is 32.6. The third-order valence-electron chi connectivity index (χ3n) is 5.21. The molecule has 0 amide bonds. The second-order valence-electron chi connectivity index (χ2n) is 6.99. The lowest BCUT2D eigenvalue weighted by Crippen LogP contribution is -2.49. The van der Waals surface area contributed by atoms with Crippen molar-refractivity contribution >= 4 is 10.0 Å². The molecule has 0 atom stereocenters. The molecule has 1 saturated heterocycles. The Morgan fingerprint density at radius 2 is 1.56 bits per heavy atom. The van der Waals surface area contributed by atoms with Crippen molar-refractivity contribution in [2.24, 2.45) is 0 Å². The first-order chi connectivity index (χ1) is 13.0. The van der Waals surface area contributed by atoms with Crippen LogP contribution >= 0.6 is 0 Å². The zero-order chi connectivity index (χ0) is 19.3. The van der Waals surface area contributed by atoms with Crippen LogP contribution in [0.15, 0.2) is 48.5 Å². The Morgan fingerprint density at radius 1 is 0.926 bits per heavy atom. The van der Waals surface area contributed by atoms with Crippen molar-refractivity contribution in [1.82, 2.24) is 9.21 Å². The number of rotatable bonds is 7. The van der Waals surface area contributed by atoms with Gasteiger partial charge in [-0.25, -0.2) is 8.42 Å². The highest BCUT2D eigenvalue weighted by molar-refractivity contribution is 7.88. The van der Waals surface area contributed by atoms with Crippen molar-refractivity contribution in [2.45, 2.75) is 19.1 Å². The van der Waals surface area contributed by atoms with E-state index in [0.29, 0.717) is 13.1 Å². The number of hydrogen-bond acceptors (Lipinski definition) is 4. The Hall–Kier alpha value is -1.89. The van der Waals surface area contributed by atoms with Gasteiger partial charge in [-0.2, -0.15) is 4.31 Å². The van der Waals surface area contributed by atoms with Crippen molar-refractivity contribution in [3.63, 3.8) is 0 Å². The molecule has 0 bridgehead atoms. The van der Waals surface area contributed by atoms with Gasteiger partial charge in [-0.3, -0.25) is 0 Å². The first-order valence-electron chi connectivity index (χ1n) is 9.36. The summed E-state index contributed by atoms with van der Waals surface area (Å²) in [6.45, 7) is 5.51. The van der Waals surface area contributed by atoms with Gasteiger partial charge >= 0.3 is 0 Å². The Balaban J connectivity index is 1.53. The average molecular weight is 389 g/mol. The molecule has 0 unspecified atom stereocenters. The molecule has 6 heteroatoms. The molecule has 0 N–H and O–H groups in total.